The molecule has 0 saturated heterocycles. The molecule has 0 atom stereocenters. The van der Waals surface area contributed by atoms with Crippen molar-refractivity contribution in [2.75, 3.05) is 7.04 Å². The van der Waals surface area contributed by atoms with E-state index in [1.54, 1.807) is 12.1 Å². The van der Waals surface area contributed by atoms with Crippen molar-refractivity contribution in [3.63, 3.8) is 0 Å². The van der Waals surface area contributed by atoms with Crippen LogP contribution in [0.15, 0.2) is 54.6 Å². The second kappa shape index (κ2) is 6.85. The number of carboxylic acids is 1. The van der Waals surface area contributed by atoms with Gasteiger partial charge in [0, 0.05) is 5.56 Å². The molecule has 4 aliphatic rings. The number of carbonyl (C=O) groups is 1. The minimum absolute atomic E-state index is 0.00141. The summed E-state index contributed by atoms with van der Waals surface area (Å²) in [4.78, 5) is 11.3. The molecule has 7 rings (SSSR count). The summed E-state index contributed by atoms with van der Waals surface area (Å²) in [5.41, 5.74) is 3.39. The van der Waals surface area contributed by atoms with Gasteiger partial charge >= 0.3 is 5.97 Å². The minimum atomic E-state index is -2.48. The van der Waals surface area contributed by atoms with Crippen LogP contribution in [-0.4, -0.2) is 18.1 Å². The molecule has 3 aromatic carbocycles. The van der Waals surface area contributed by atoms with E-state index in [1.807, 2.05) is 30.3 Å². The maximum Gasteiger partial charge on any atom is 0.335 e. The third-order valence-corrected chi connectivity index (χ3v) is 8.12. The Bertz CT molecular complexity index is 1260. The fourth-order valence-electron chi connectivity index (χ4n) is 7.21. The van der Waals surface area contributed by atoms with Crippen molar-refractivity contribution < 1.29 is 18.8 Å². The molecule has 3 aromatic rings. The number of rotatable bonds is 4. The van der Waals surface area contributed by atoms with E-state index < -0.39 is 13.0 Å². The van der Waals surface area contributed by atoms with E-state index in [-0.39, 0.29) is 11.0 Å². The van der Waals surface area contributed by atoms with Gasteiger partial charge in [-0.15, -0.1) is 0 Å². The molecule has 0 amide bonds. The van der Waals surface area contributed by atoms with Gasteiger partial charge in [0.25, 0.3) is 0 Å². The number of benzene rings is 3. The first-order chi connectivity index (χ1) is 16.2. The molecule has 31 heavy (non-hydrogen) atoms. The van der Waals surface area contributed by atoms with Crippen LogP contribution in [0.3, 0.4) is 0 Å². The number of ether oxygens (including phenoxy) is 1. The molecule has 3 nitrogen and oxygen atoms in total. The van der Waals surface area contributed by atoms with Gasteiger partial charge in [-0.2, -0.15) is 0 Å². The Morgan fingerprint density at radius 3 is 2.19 bits per heavy atom. The van der Waals surface area contributed by atoms with E-state index in [4.69, 9.17) is 8.85 Å². The third-order valence-electron chi connectivity index (χ3n) is 8.12. The summed E-state index contributed by atoms with van der Waals surface area (Å²) in [6.07, 6.45) is 7.31. The predicted octanol–water partition coefficient (Wildman–Crippen LogP) is 6.68. The first-order valence-corrected chi connectivity index (χ1v) is 11.3. The van der Waals surface area contributed by atoms with Crippen LogP contribution < -0.4 is 4.74 Å². The number of hydrogen-bond acceptors (Lipinski definition) is 2. The van der Waals surface area contributed by atoms with Gasteiger partial charge in [-0.3, -0.25) is 0 Å². The fourth-order valence-corrected chi connectivity index (χ4v) is 7.21. The van der Waals surface area contributed by atoms with Gasteiger partial charge in [0.2, 0.25) is 0 Å². The van der Waals surface area contributed by atoms with Crippen molar-refractivity contribution in [3.05, 3.63) is 65.7 Å². The summed E-state index contributed by atoms with van der Waals surface area (Å²) in [7, 11) is -2.48. The van der Waals surface area contributed by atoms with Gasteiger partial charge in [0.05, 0.1) is 16.7 Å². The lowest BCUT2D eigenvalue weighted by molar-refractivity contribution is -0.00613. The van der Waals surface area contributed by atoms with Gasteiger partial charge in [0.15, 0.2) is 0 Å². The molecular weight excluding hydrogens is 385 g/mol. The maximum atomic E-state index is 11.3. The van der Waals surface area contributed by atoms with Gasteiger partial charge < -0.3 is 9.84 Å². The summed E-state index contributed by atoms with van der Waals surface area (Å²) < 4.78 is 28.7. The van der Waals surface area contributed by atoms with Crippen molar-refractivity contribution in [1.82, 2.24) is 0 Å². The van der Waals surface area contributed by atoms with Crippen LogP contribution in [0.1, 0.15) is 58.6 Å². The Balaban J connectivity index is 1.44. The lowest BCUT2D eigenvalue weighted by Gasteiger charge is -2.57. The van der Waals surface area contributed by atoms with Crippen LogP contribution in [0.5, 0.6) is 5.75 Å². The fraction of sp³-hybridized carbons (Fsp3) is 0.393. The van der Waals surface area contributed by atoms with Gasteiger partial charge in [-0.05, 0) is 114 Å². The topological polar surface area (TPSA) is 46.5 Å². The average molecular weight is 417 g/mol. The maximum absolute atomic E-state index is 11.3. The zero-order valence-electron chi connectivity index (χ0n) is 20.4. The third kappa shape index (κ3) is 3.05. The Morgan fingerprint density at radius 1 is 0.903 bits per heavy atom. The largest absolute Gasteiger partial charge is 0.496 e. The average Bonchev–Trinajstić information content (AvgIpc) is 2.76. The molecule has 0 heterocycles. The molecule has 158 valence electrons. The first kappa shape index (κ1) is 15.9. The van der Waals surface area contributed by atoms with Crippen LogP contribution >= 0.6 is 0 Å². The number of fused-ring (bicyclic) bond motifs is 1. The summed E-state index contributed by atoms with van der Waals surface area (Å²) in [6, 6.07) is 17.1. The van der Waals surface area contributed by atoms with E-state index in [2.05, 4.69) is 12.1 Å². The number of carboxylic acid groups (broad SMARTS) is 1. The number of aromatic carboxylic acids is 1. The molecule has 0 unspecified atom stereocenters. The molecule has 4 bridgehead atoms. The normalized spacial score (nSPS) is 30.6. The standard InChI is InChI=1S/C28H28O3/c1-31-26-7-6-23(21-2-3-22-12-24(27(29)30)5-4-20(22)11-21)13-25(26)28-14-17-8-18(15-28)10-19(9-17)16-28/h2-7,11-13,17-19H,8-10,14-16H2,1H3,(H,29,30)/i1+1D3. The molecule has 0 aliphatic heterocycles. The summed E-state index contributed by atoms with van der Waals surface area (Å²) >= 11 is 0. The molecule has 4 fully saturated rings. The van der Waals surface area contributed by atoms with Crippen molar-refractivity contribution in [3.8, 4) is 16.9 Å². The van der Waals surface area contributed by atoms with Crippen molar-refractivity contribution in [1.29, 1.82) is 0 Å². The van der Waals surface area contributed by atoms with E-state index in [1.165, 1.54) is 19.3 Å². The quantitative estimate of drug-likeness (QED) is 0.483. The Kier molecular flexibility index (Phi) is 3.51. The monoisotopic (exact) mass is 416 g/mol. The van der Waals surface area contributed by atoms with Gasteiger partial charge in [-0.1, -0.05) is 24.3 Å². The highest BCUT2D eigenvalue weighted by Crippen LogP contribution is 2.62. The lowest BCUT2D eigenvalue weighted by atomic mass is 9.48. The van der Waals surface area contributed by atoms with Crippen molar-refractivity contribution in [2.24, 2.45) is 17.8 Å². The van der Waals surface area contributed by atoms with E-state index in [9.17, 15) is 9.90 Å². The van der Waals surface area contributed by atoms with Crippen LogP contribution in [0.25, 0.3) is 21.9 Å². The molecule has 1 N–H and O–H groups in total. The SMILES string of the molecule is [2H][13C]([2H])([2H])Oc1ccc(-c2ccc3cc(C(=O)O)ccc3c2)cc1C12CC3CC(CC(C3)C1)C2. The van der Waals surface area contributed by atoms with E-state index in [0.717, 1.165) is 64.5 Å². The van der Waals surface area contributed by atoms with Crippen LogP contribution in [0.4, 0.5) is 0 Å². The summed E-state index contributed by atoms with van der Waals surface area (Å²) in [5, 5.41) is 11.1. The number of hydrogen-bond donors (Lipinski definition) is 1. The van der Waals surface area contributed by atoms with E-state index >= 15 is 0 Å². The summed E-state index contributed by atoms with van der Waals surface area (Å²) in [6.45, 7) is 0. The Hall–Kier alpha value is -2.81. The number of methoxy groups -OCH3 is 1. The first-order valence-electron chi connectivity index (χ1n) is 12.8. The summed E-state index contributed by atoms with van der Waals surface area (Å²) in [5.74, 6) is 1.77. The minimum Gasteiger partial charge on any atom is -0.496 e. The van der Waals surface area contributed by atoms with Crippen molar-refractivity contribution in [2.45, 2.75) is 43.9 Å². The van der Waals surface area contributed by atoms with Crippen molar-refractivity contribution >= 4 is 16.7 Å². The van der Waals surface area contributed by atoms with Crippen LogP contribution in [-0.2, 0) is 5.41 Å². The van der Waals surface area contributed by atoms with Gasteiger partial charge in [0.1, 0.15) is 5.75 Å². The highest BCUT2D eigenvalue weighted by atomic mass is 16.5. The second-order valence-electron chi connectivity index (χ2n) is 10.1. The molecule has 4 saturated carbocycles. The lowest BCUT2D eigenvalue weighted by Crippen LogP contribution is -2.48. The predicted molar refractivity (Wildman–Crippen MR) is 123 cm³/mol. The Labute approximate surface area is 187 Å². The zero-order valence-corrected chi connectivity index (χ0v) is 17.4. The molecule has 0 aromatic heterocycles. The molecule has 0 spiro atoms. The zero-order chi connectivity index (χ0) is 23.7. The van der Waals surface area contributed by atoms with Gasteiger partial charge in [-0.25, -0.2) is 4.79 Å². The smallest absolute Gasteiger partial charge is 0.335 e. The van der Waals surface area contributed by atoms with Crippen LogP contribution in [0, 0.1) is 17.8 Å². The van der Waals surface area contributed by atoms with E-state index in [0.29, 0.717) is 5.75 Å². The van der Waals surface area contributed by atoms with Crippen LogP contribution in [0.2, 0.25) is 0 Å². The molecule has 0 radical (unpaired) electrons. The molecule has 4 aliphatic carbocycles. The second-order valence-corrected chi connectivity index (χ2v) is 10.1. The molecule has 3 heteroatoms. The highest BCUT2D eigenvalue weighted by molar-refractivity contribution is 5.95. The Morgan fingerprint density at radius 2 is 1.52 bits per heavy atom. The highest BCUT2D eigenvalue weighted by Gasteiger charge is 2.52. The molecular formula is C28H28O3.